The van der Waals surface area contributed by atoms with Crippen molar-refractivity contribution in [2.45, 2.75) is 18.4 Å². The van der Waals surface area contributed by atoms with Crippen molar-refractivity contribution in [3.63, 3.8) is 0 Å². The third-order valence-electron chi connectivity index (χ3n) is 5.70. The number of likely N-dealkylation sites (tertiary alicyclic amines) is 1. The number of nitrogens with two attached hydrogens (primary N) is 1. The van der Waals surface area contributed by atoms with Gasteiger partial charge in [0, 0.05) is 25.2 Å². The van der Waals surface area contributed by atoms with Gasteiger partial charge in [0.25, 0.3) is 5.91 Å². The number of aliphatic hydroxyl groups is 1. The van der Waals surface area contributed by atoms with Gasteiger partial charge >= 0.3 is 0 Å². The van der Waals surface area contributed by atoms with Crippen LogP contribution in [0.2, 0.25) is 5.02 Å². The fourth-order valence-corrected chi connectivity index (χ4v) is 3.93. The smallest absolute Gasteiger partial charge is 0.253 e. The number of amides is 1. The van der Waals surface area contributed by atoms with E-state index in [1.807, 2.05) is 36.4 Å². The number of rotatable bonds is 3. The van der Waals surface area contributed by atoms with Gasteiger partial charge in [-0.05, 0) is 65.1 Å². The summed E-state index contributed by atoms with van der Waals surface area (Å²) in [6, 6.07) is 16.1. The van der Waals surface area contributed by atoms with E-state index in [-0.39, 0.29) is 17.5 Å². The summed E-state index contributed by atoms with van der Waals surface area (Å²) in [7, 11) is 0. The van der Waals surface area contributed by atoms with E-state index in [9.17, 15) is 14.3 Å². The van der Waals surface area contributed by atoms with Crippen LogP contribution in [0.5, 0.6) is 0 Å². The molecule has 3 aromatic carbocycles. The summed E-state index contributed by atoms with van der Waals surface area (Å²) in [5.74, 6) is -0.484. The van der Waals surface area contributed by atoms with E-state index in [1.54, 1.807) is 17.0 Å². The molecule has 4 rings (SSSR count). The molecule has 4 nitrogen and oxygen atoms in total. The molecule has 1 heterocycles. The van der Waals surface area contributed by atoms with Crippen molar-refractivity contribution in [1.29, 1.82) is 0 Å². The minimum atomic E-state index is -0.861. The minimum Gasteiger partial charge on any atom is -0.388 e. The molecule has 0 aliphatic carbocycles. The fourth-order valence-electron chi connectivity index (χ4n) is 3.75. The molecule has 1 aliphatic rings. The first-order valence-electron chi connectivity index (χ1n) is 9.59. The number of piperidine rings is 1. The highest BCUT2D eigenvalue weighted by molar-refractivity contribution is 6.31. The van der Waals surface area contributed by atoms with E-state index >= 15 is 0 Å². The maximum Gasteiger partial charge on any atom is 0.253 e. The molecule has 0 aromatic heterocycles. The molecule has 1 aliphatic heterocycles. The van der Waals surface area contributed by atoms with Gasteiger partial charge in [-0.1, -0.05) is 35.9 Å². The largest absolute Gasteiger partial charge is 0.388 e. The predicted octanol–water partition coefficient (Wildman–Crippen LogP) is 4.23. The number of halogens is 2. The van der Waals surface area contributed by atoms with Crippen molar-refractivity contribution in [3.8, 4) is 11.1 Å². The van der Waals surface area contributed by atoms with Crippen LogP contribution < -0.4 is 5.73 Å². The Morgan fingerprint density at radius 2 is 1.66 bits per heavy atom. The summed E-state index contributed by atoms with van der Waals surface area (Å²) in [6.45, 7) is 1.20. The number of hydrogen-bond donors (Lipinski definition) is 2. The maximum atomic E-state index is 13.4. The Morgan fingerprint density at radius 3 is 2.34 bits per heavy atom. The number of hydrogen-bond acceptors (Lipinski definition) is 3. The van der Waals surface area contributed by atoms with Crippen molar-refractivity contribution >= 4 is 28.3 Å². The maximum absolute atomic E-state index is 13.4. The molecule has 0 bridgehead atoms. The lowest BCUT2D eigenvalue weighted by Gasteiger charge is -2.37. The lowest BCUT2D eigenvalue weighted by Crippen LogP contribution is -2.50. The standard InChI is InChI=1S/C23H22ClFN2O2/c24-20-13-18(5-6-21(20)25)16-1-2-17-12-19(4-3-15(17)11-16)22(28)27-9-7-23(29,14-26)8-10-27/h1-6,11-13,29H,7-10,14,26H2. The minimum absolute atomic E-state index is 0.0413. The van der Waals surface area contributed by atoms with Crippen LogP contribution in [0.25, 0.3) is 21.9 Å². The summed E-state index contributed by atoms with van der Waals surface area (Å²) < 4.78 is 13.4. The van der Waals surface area contributed by atoms with Crippen molar-refractivity contribution < 1.29 is 14.3 Å². The number of carbonyl (C=O) groups is 1. The van der Waals surface area contributed by atoms with Crippen molar-refractivity contribution in [1.82, 2.24) is 4.90 Å². The fraction of sp³-hybridized carbons (Fsp3) is 0.261. The van der Waals surface area contributed by atoms with Gasteiger partial charge in [0.15, 0.2) is 0 Å². The average Bonchev–Trinajstić information content (AvgIpc) is 2.75. The predicted molar refractivity (Wildman–Crippen MR) is 113 cm³/mol. The highest BCUT2D eigenvalue weighted by Crippen LogP contribution is 2.29. The molecule has 29 heavy (non-hydrogen) atoms. The average molecular weight is 413 g/mol. The second-order valence-corrected chi connectivity index (χ2v) is 8.03. The Bertz CT molecular complexity index is 1080. The molecule has 150 valence electrons. The summed E-state index contributed by atoms with van der Waals surface area (Å²) in [4.78, 5) is 14.6. The van der Waals surface area contributed by atoms with Crippen LogP contribution in [0, 0.1) is 5.82 Å². The molecule has 3 N–H and O–H groups in total. The first-order valence-corrected chi connectivity index (χ1v) is 9.97. The van der Waals surface area contributed by atoms with Gasteiger partial charge in [0.1, 0.15) is 5.82 Å². The number of carbonyl (C=O) groups excluding carboxylic acids is 1. The molecular formula is C23H22ClFN2O2. The number of fused-ring (bicyclic) bond motifs is 1. The molecule has 1 saturated heterocycles. The Kier molecular flexibility index (Phi) is 5.30. The van der Waals surface area contributed by atoms with E-state index in [1.165, 1.54) is 6.07 Å². The Labute approximate surface area is 173 Å². The highest BCUT2D eigenvalue weighted by Gasteiger charge is 2.32. The molecule has 0 atom stereocenters. The molecular weight excluding hydrogens is 391 g/mol. The van der Waals surface area contributed by atoms with E-state index in [2.05, 4.69) is 0 Å². The van der Waals surface area contributed by atoms with Crippen LogP contribution in [0.3, 0.4) is 0 Å². The van der Waals surface area contributed by atoms with Crippen LogP contribution in [-0.2, 0) is 0 Å². The quantitative estimate of drug-likeness (QED) is 0.676. The van der Waals surface area contributed by atoms with E-state index in [0.717, 1.165) is 21.9 Å². The molecule has 0 saturated carbocycles. The van der Waals surface area contributed by atoms with Gasteiger partial charge in [0.05, 0.1) is 10.6 Å². The monoisotopic (exact) mass is 412 g/mol. The lowest BCUT2D eigenvalue weighted by molar-refractivity contribution is -0.00951. The topological polar surface area (TPSA) is 66.6 Å². The normalized spacial score (nSPS) is 16.2. The SMILES string of the molecule is NCC1(O)CCN(C(=O)c2ccc3cc(-c4ccc(F)c(Cl)c4)ccc3c2)CC1. The third-order valence-corrected chi connectivity index (χ3v) is 5.99. The Morgan fingerprint density at radius 1 is 1.03 bits per heavy atom. The molecule has 0 unspecified atom stereocenters. The first-order chi connectivity index (χ1) is 13.9. The van der Waals surface area contributed by atoms with Gasteiger partial charge in [-0.3, -0.25) is 4.79 Å². The van der Waals surface area contributed by atoms with Crippen molar-refractivity contribution in [2.24, 2.45) is 5.73 Å². The molecule has 3 aromatic rings. The van der Waals surface area contributed by atoms with Gasteiger partial charge in [0.2, 0.25) is 0 Å². The summed E-state index contributed by atoms with van der Waals surface area (Å²) >= 11 is 5.90. The lowest BCUT2D eigenvalue weighted by atomic mass is 9.91. The summed E-state index contributed by atoms with van der Waals surface area (Å²) in [6.07, 6.45) is 0.985. The van der Waals surface area contributed by atoms with E-state index in [0.29, 0.717) is 31.5 Å². The third kappa shape index (κ3) is 3.99. The second-order valence-electron chi connectivity index (χ2n) is 7.63. The van der Waals surface area contributed by atoms with Gasteiger partial charge in [-0.25, -0.2) is 4.39 Å². The van der Waals surface area contributed by atoms with E-state index < -0.39 is 11.4 Å². The number of benzene rings is 3. The van der Waals surface area contributed by atoms with Crippen LogP contribution in [0.4, 0.5) is 4.39 Å². The highest BCUT2D eigenvalue weighted by atomic mass is 35.5. The molecule has 0 spiro atoms. The van der Waals surface area contributed by atoms with Crippen molar-refractivity contribution in [2.75, 3.05) is 19.6 Å². The Hall–Kier alpha value is -2.47. The van der Waals surface area contributed by atoms with Crippen molar-refractivity contribution in [3.05, 3.63) is 71.0 Å². The molecule has 1 amide bonds. The Balaban J connectivity index is 1.57. The van der Waals surface area contributed by atoms with Crippen LogP contribution in [0.1, 0.15) is 23.2 Å². The van der Waals surface area contributed by atoms with Gasteiger partial charge in [-0.15, -0.1) is 0 Å². The number of nitrogens with zero attached hydrogens (tertiary/aromatic N) is 1. The van der Waals surface area contributed by atoms with Crippen LogP contribution in [-0.4, -0.2) is 41.1 Å². The first kappa shape index (κ1) is 19.8. The summed E-state index contributed by atoms with van der Waals surface area (Å²) in [5.41, 5.74) is 7.14. The molecule has 1 fully saturated rings. The zero-order valence-corrected chi connectivity index (χ0v) is 16.6. The molecule has 0 radical (unpaired) electrons. The van der Waals surface area contributed by atoms with Gasteiger partial charge in [-0.2, -0.15) is 0 Å². The molecule has 6 heteroatoms. The van der Waals surface area contributed by atoms with Crippen LogP contribution >= 0.6 is 11.6 Å². The van der Waals surface area contributed by atoms with E-state index in [4.69, 9.17) is 17.3 Å². The second kappa shape index (κ2) is 7.75. The van der Waals surface area contributed by atoms with Crippen LogP contribution in [0.15, 0.2) is 54.6 Å². The zero-order valence-electron chi connectivity index (χ0n) is 15.9. The van der Waals surface area contributed by atoms with Gasteiger partial charge < -0.3 is 15.7 Å². The summed E-state index contributed by atoms with van der Waals surface area (Å²) in [5, 5.41) is 12.3. The zero-order chi connectivity index (χ0) is 20.6.